The minimum atomic E-state index is -0.895. The minimum Gasteiger partial charge on any atom is -0.402 e. The van der Waals surface area contributed by atoms with Crippen molar-refractivity contribution in [2.75, 3.05) is 0 Å². The molecule has 1 heterocycles. The lowest BCUT2D eigenvalue weighted by atomic mass is 10.4. The molecule has 4 heteroatoms. The molecular formula is C8H7NO3. The van der Waals surface area contributed by atoms with E-state index in [-0.39, 0.29) is 5.88 Å². The number of aromatic nitrogens is 1. The van der Waals surface area contributed by atoms with Gasteiger partial charge in [0.15, 0.2) is 0 Å². The van der Waals surface area contributed by atoms with Gasteiger partial charge in [0.05, 0.1) is 0 Å². The number of carbonyl (C=O) groups is 2. The maximum absolute atomic E-state index is 10.7. The van der Waals surface area contributed by atoms with Crippen molar-refractivity contribution in [3.05, 3.63) is 24.4 Å². The Labute approximate surface area is 69.2 Å². The average molecular weight is 165 g/mol. The molecule has 0 bridgehead atoms. The van der Waals surface area contributed by atoms with Crippen LogP contribution in [0, 0.1) is 0 Å². The Morgan fingerprint density at radius 1 is 1.42 bits per heavy atom. The zero-order chi connectivity index (χ0) is 8.97. The van der Waals surface area contributed by atoms with E-state index >= 15 is 0 Å². The lowest BCUT2D eigenvalue weighted by Crippen LogP contribution is -2.17. The van der Waals surface area contributed by atoms with Crippen molar-refractivity contribution in [1.82, 2.24) is 4.98 Å². The van der Waals surface area contributed by atoms with E-state index in [9.17, 15) is 9.59 Å². The number of nitrogens with zero attached hydrogens (tertiary/aromatic N) is 1. The number of pyridine rings is 1. The van der Waals surface area contributed by atoms with Gasteiger partial charge in [0, 0.05) is 19.2 Å². The maximum Gasteiger partial charge on any atom is 0.381 e. The standard InChI is InChI=1S/C8H7NO3/c1-6(10)8(11)12-7-4-2-3-5-9-7/h2-5H,1H3. The fourth-order valence-electron chi connectivity index (χ4n) is 0.574. The number of rotatable bonds is 2. The number of ether oxygens (including phenoxy) is 1. The van der Waals surface area contributed by atoms with Gasteiger partial charge in [0.1, 0.15) is 0 Å². The fraction of sp³-hybridized carbons (Fsp3) is 0.125. The molecule has 0 atom stereocenters. The third kappa shape index (κ3) is 2.16. The molecule has 0 unspecified atom stereocenters. The molecule has 1 rings (SSSR count). The summed E-state index contributed by atoms with van der Waals surface area (Å²) < 4.78 is 4.58. The second-order valence-electron chi connectivity index (χ2n) is 2.11. The smallest absolute Gasteiger partial charge is 0.381 e. The van der Waals surface area contributed by atoms with Gasteiger partial charge in [0.2, 0.25) is 11.7 Å². The van der Waals surface area contributed by atoms with Crippen LogP contribution in [-0.2, 0) is 9.59 Å². The van der Waals surface area contributed by atoms with E-state index in [0.717, 1.165) is 6.92 Å². The quantitative estimate of drug-likeness (QED) is 0.475. The lowest BCUT2D eigenvalue weighted by molar-refractivity contribution is -0.146. The lowest BCUT2D eigenvalue weighted by Gasteiger charge is -1.97. The number of ketones is 1. The van der Waals surface area contributed by atoms with E-state index < -0.39 is 11.8 Å². The average Bonchev–Trinajstić information content (AvgIpc) is 2.06. The van der Waals surface area contributed by atoms with Crippen LogP contribution in [0.1, 0.15) is 6.92 Å². The molecular weight excluding hydrogens is 158 g/mol. The fourth-order valence-corrected chi connectivity index (χ4v) is 0.574. The first-order valence-electron chi connectivity index (χ1n) is 3.34. The molecule has 1 aromatic rings. The van der Waals surface area contributed by atoms with Crippen molar-refractivity contribution in [1.29, 1.82) is 0 Å². The molecule has 0 aliphatic heterocycles. The van der Waals surface area contributed by atoms with Crippen LogP contribution >= 0.6 is 0 Å². The Balaban J connectivity index is 2.65. The first kappa shape index (κ1) is 8.39. The Kier molecular flexibility index (Phi) is 2.53. The molecule has 1 aromatic heterocycles. The van der Waals surface area contributed by atoms with E-state index in [2.05, 4.69) is 9.72 Å². The Morgan fingerprint density at radius 3 is 2.67 bits per heavy atom. The topological polar surface area (TPSA) is 56.3 Å². The Bertz CT molecular complexity index is 294. The summed E-state index contributed by atoms with van der Waals surface area (Å²) in [5.74, 6) is -1.40. The van der Waals surface area contributed by atoms with Gasteiger partial charge >= 0.3 is 5.97 Å². The molecule has 62 valence electrons. The normalized spacial score (nSPS) is 9.08. The summed E-state index contributed by atoms with van der Waals surface area (Å²) in [6.45, 7) is 1.14. The number of hydrogen-bond acceptors (Lipinski definition) is 4. The first-order valence-corrected chi connectivity index (χ1v) is 3.34. The summed E-state index contributed by atoms with van der Waals surface area (Å²) in [7, 11) is 0. The van der Waals surface area contributed by atoms with Crippen molar-refractivity contribution >= 4 is 11.8 Å². The van der Waals surface area contributed by atoms with Gasteiger partial charge in [-0.2, -0.15) is 0 Å². The van der Waals surface area contributed by atoms with Crippen molar-refractivity contribution in [3.63, 3.8) is 0 Å². The third-order valence-electron chi connectivity index (χ3n) is 1.12. The molecule has 0 radical (unpaired) electrons. The van der Waals surface area contributed by atoms with Gasteiger partial charge < -0.3 is 4.74 Å². The highest BCUT2D eigenvalue weighted by Crippen LogP contribution is 2.02. The molecule has 12 heavy (non-hydrogen) atoms. The highest BCUT2D eigenvalue weighted by molar-refractivity contribution is 6.33. The summed E-state index contributed by atoms with van der Waals surface area (Å²) in [4.78, 5) is 24.9. The number of Topliss-reactive ketones (excluding diaryl/α,β-unsaturated/α-hetero) is 1. The predicted molar refractivity (Wildman–Crippen MR) is 40.6 cm³/mol. The maximum atomic E-state index is 10.7. The van der Waals surface area contributed by atoms with Crippen LogP contribution < -0.4 is 4.74 Å². The van der Waals surface area contributed by atoms with Gasteiger partial charge in [-0.05, 0) is 6.07 Å². The van der Waals surface area contributed by atoms with Crippen LogP contribution in [0.2, 0.25) is 0 Å². The number of hydrogen-bond donors (Lipinski definition) is 0. The van der Waals surface area contributed by atoms with E-state index in [1.807, 2.05) is 0 Å². The summed E-state index contributed by atoms with van der Waals surface area (Å²) >= 11 is 0. The van der Waals surface area contributed by atoms with Crippen LogP contribution in [0.3, 0.4) is 0 Å². The molecule has 0 N–H and O–H groups in total. The van der Waals surface area contributed by atoms with Gasteiger partial charge in [-0.3, -0.25) is 4.79 Å². The van der Waals surface area contributed by atoms with Gasteiger partial charge in [-0.25, -0.2) is 9.78 Å². The first-order chi connectivity index (χ1) is 5.70. The summed E-state index contributed by atoms with van der Waals surface area (Å²) in [5.41, 5.74) is 0. The summed E-state index contributed by atoms with van der Waals surface area (Å²) in [6.07, 6.45) is 1.47. The molecule has 0 amide bonds. The second-order valence-corrected chi connectivity index (χ2v) is 2.11. The van der Waals surface area contributed by atoms with Crippen molar-refractivity contribution in [3.8, 4) is 5.88 Å². The molecule has 4 nitrogen and oxygen atoms in total. The summed E-state index contributed by atoms with van der Waals surface area (Å²) in [5, 5.41) is 0. The Morgan fingerprint density at radius 2 is 2.17 bits per heavy atom. The van der Waals surface area contributed by atoms with E-state index in [4.69, 9.17) is 0 Å². The zero-order valence-corrected chi connectivity index (χ0v) is 6.48. The van der Waals surface area contributed by atoms with Gasteiger partial charge in [-0.1, -0.05) is 6.07 Å². The van der Waals surface area contributed by atoms with Gasteiger partial charge in [0.25, 0.3) is 0 Å². The van der Waals surface area contributed by atoms with Crippen molar-refractivity contribution in [2.24, 2.45) is 0 Å². The second kappa shape index (κ2) is 3.61. The van der Waals surface area contributed by atoms with Crippen LogP contribution in [0.15, 0.2) is 24.4 Å². The van der Waals surface area contributed by atoms with Crippen molar-refractivity contribution < 1.29 is 14.3 Å². The predicted octanol–water partition coefficient (Wildman–Crippen LogP) is 0.576. The third-order valence-corrected chi connectivity index (χ3v) is 1.12. The minimum absolute atomic E-state index is 0.137. The van der Waals surface area contributed by atoms with Crippen LogP contribution in [-0.4, -0.2) is 16.7 Å². The number of esters is 1. The monoisotopic (exact) mass is 165 g/mol. The van der Waals surface area contributed by atoms with Crippen LogP contribution in [0.25, 0.3) is 0 Å². The van der Waals surface area contributed by atoms with E-state index in [0.29, 0.717) is 0 Å². The largest absolute Gasteiger partial charge is 0.402 e. The SMILES string of the molecule is CC(=O)C(=O)Oc1ccccn1. The van der Waals surface area contributed by atoms with Gasteiger partial charge in [-0.15, -0.1) is 0 Å². The van der Waals surface area contributed by atoms with E-state index in [1.54, 1.807) is 12.1 Å². The molecule has 0 aromatic carbocycles. The highest BCUT2D eigenvalue weighted by atomic mass is 16.5. The zero-order valence-electron chi connectivity index (χ0n) is 6.48. The molecule has 0 fully saturated rings. The van der Waals surface area contributed by atoms with Crippen LogP contribution in [0.4, 0.5) is 0 Å². The molecule has 0 saturated carbocycles. The molecule has 0 aliphatic rings. The molecule has 0 saturated heterocycles. The van der Waals surface area contributed by atoms with Crippen molar-refractivity contribution in [2.45, 2.75) is 6.92 Å². The highest BCUT2D eigenvalue weighted by Gasteiger charge is 2.09. The molecule has 0 aliphatic carbocycles. The Hall–Kier alpha value is -1.71. The van der Waals surface area contributed by atoms with Crippen LogP contribution in [0.5, 0.6) is 5.88 Å². The van der Waals surface area contributed by atoms with E-state index in [1.165, 1.54) is 12.3 Å². The summed E-state index contributed by atoms with van der Waals surface area (Å²) in [6, 6.07) is 4.85. The molecule has 0 spiro atoms. The number of carbonyl (C=O) groups excluding carboxylic acids is 2.